The van der Waals surface area contributed by atoms with Gasteiger partial charge in [0.25, 0.3) is 0 Å². The minimum absolute atomic E-state index is 0.203. The van der Waals surface area contributed by atoms with E-state index in [0.29, 0.717) is 39.5 Å². The predicted molar refractivity (Wildman–Crippen MR) is 110 cm³/mol. The van der Waals surface area contributed by atoms with Crippen molar-refractivity contribution in [3.63, 3.8) is 0 Å². The Kier molecular flexibility index (Phi) is 3.98. The number of nitrogens with zero attached hydrogens (tertiary/aromatic N) is 2. The Balaban J connectivity index is 1.79. The van der Waals surface area contributed by atoms with Gasteiger partial charge in [0.1, 0.15) is 17.1 Å². The van der Waals surface area contributed by atoms with E-state index in [-0.39, 0.29) is 5.75 Å². The van der Waals surface area contributed by atoms with Gasteiger partial charge in [-0.05, 0) is 42.5 Å². The van der Waals surface area contributed by atoms with Gasteiger partial charge in [0.2, 0.25) is 0 Å². The minimum atomic E-state index is 0.203. The summed E-state index contributed by atoms with van der Waals surface area (Å²) < 4.78 is 11.9. The van der Waals surface area contributed by atoms with Crippen LogP contribution in [0.4, 0.5) is 0 Å². The number of hydrogen-bond acceptors (Lipinski definition) is 5. The highest BCUT2D eigenvalue weighted by atomic mass is 79.9. The zero-order chi connectivity index (χ0) is 19.1. The van der Waals surface area contributed by atoms with Gasteiger partial charge in [-0.25, -0.2) is 9.97 Å². The number of halogens is 1. The van der Waals surface area contributed by atoms with Crippen LogP contribution in [0.2, 0.25) is 0 Å². The minimum Gasteiger partial charge on any atom is -0.507 e. The Labute approximate surface area is 168 Å². The third-order valence-corrected chi connectivity index (χ3v) is 5.11. The molecular weight excluding hydrogens is 420 g/mol. The second-order valence-electron chi connectivity index (χ2n) is 6.21. The van der Waals surface area contributed by atoms with Crippen molar-refractivity contribution < 1.29 is 13.9 Å². The molecule has 0 saturated heterocycles. The van der Waals surface area contributed by atoms with Gasteiger partial charge in [0, 0.05) is 15.6 Å². The number of fused-ring (bicyclic) bond motifs is 1. The molecule has 0 atom stereocenters. The van der Waals surface area contributed by atoms with Gasteiger partial charge in [0.15, 0.2) is 11.5 Å². The van der Waals surface area contributed by atoms with Crippen LogP contribution in [0.1, 0.15) is 0 Å². The first kappa shape index (κ1) is 16.8. The summed E-state index contributed by atoms with van der Waals surface area (Å²) >= 11 is 3.60. The average molecular weight is 433 g/mol. The molecule has 1 N–H and O–H groups in total. The van der Waals surface area contributed by atoms with Crippen LogP contribution in [0.5, 0.6) is 5.75 Å². The molecule has 0 radical (unpaired) electrons. The lowest BCUT2D eigenvalue weighted by Crippen LogP contribution is -1.95. The molecule has 28 heavy (non-hydrogen) atoms. The molecule has 3 heterocycles. The van der Waals surface area contributed by atoms with Crippen molar-refractivity contribution in [2.45, 2.75) is 0 Å². The fourth-order valence-electron chi connectivity index (χ4n) is 3.16. The van der Waals surface area contributed by atoms with Crippen molar-refractivity contribution in [3.05, 3.63) is 77.7 Å². The van der Waals surface area contributed by atoms with Crippen LogP contribution in [-0.2, 0) is 0 Å². The monoisotopic (exact) mass is 432 g/mol. The highest BCUT2D eigenvalue weighted by molar-refractivity contribution is 9.10. The van der Waals surface area contributed by atoms with Gasteiger partial charge in [-0.15, -0.1) is 0 Å². The molecule has 0 aliphatic carbocycles. The molecule has 5 rings (SSSR count). The number of furan rings is 2. The Morgan fingerprint density at radius 1 is 0.714 bits per heavy atom. The van der Waals surface area contributed by atoms with E-state index >= 15 is 0 Å². The fourth-order valence-corrected chi connectivity index (χ4v) is 3.70. The molecule has 136 valence electrons. The molecule has 0 aliphatic heterocycles. The zero-order valence-electron chi connectivity index (χ0n) is 14.5. The first-order valence-electron chi connectivity index (χ1n) is 8.58. The van der Waals surface area contributed by atoms with Crippen LogP contribution in [0, 0.1) is 0 Å². The predicted octanol–water partition coefficient (Wildman–Crippen LogP) is 6.28. The number of para-hydroxylation sites is 1. The maximum atomic E-state index is 10.3. The summed E-state index contributed by atoms with van der Waals surface area (Å²) in [5.41, 5.74) is 4.13. The molecule has 0 bridgehead atoms. The normalized spacial score (nSPS) is 11.2. The first-order valence-corrected chi connectivity index (χ1v) is 9.37. The van der Waals surface area contributed by atoms with E-state index in [1.807, 2.05) is 48.5 Å². The number of rotatable bonds is 3. The second kappa shape index (κ2) is 6.65. The van der Waals surface area contributed by atoms with E-state index in [9.17, 15) is 5.11 Å². The van der Waals surface area contributed by atoms with Gasteiger partial charge in [-0.2, -0.15) is 0 Å². The van der Waals surface area contributed by atoms with E-state index in [4.69, 9.17) is 18.8 Å². The summed E-state index contributed by atoms with van der Waals surface area (Å²) in [4.78, 5) is 9.59. The highest BCUT2D eigenvalue weighted by Gasteiger charge is 2.19. The van der Waals surface area contributed by atoms with Crippen molar-refractivity contribution in [2.24, 2.45) is 0 Å². The van der Waals surface area contributed by atoms with E-state index in [1.54, 1.807) is 24.7 Å². The lowest BCUT2D eigenvalue weighted by Gasteiger charge is -2.11. The molecule has 0 unspecified atom stereocenters. The molecule has 6 heteroatoms. The van der Waals surface area contributed by atoms with Gasteiger partial charge in [-0.1, -0.05) is 34.1 Å². The van der Waals surface area contributed by atoms with Gasteiger partial charge < -0.3 is 13.9 Å². The number of phenolic OH excluding ortho intramolecular Hbond substituents is 1. The average Bonchev–Trinajstić information content (AvgIpc) is 3.41. The van der Waals surface area contributed by atoms with Gasteiger partial charge in [-0.3, -0.25) is 0 Å². The highest BCUT2D eigenvalue weighted by Crippen LogP contribution is 2.38. The van der Waals surface area contributed by atoms with E-state index in [2.05, 4.69) is 15.9 Å². The molecule has 0 spiro atoms. The van der Waals surface area contributed by atoms with Crippen molar-refractivity contribution in [1.82, 2.24) is 9.97 Å². The summed E-state index contributed by atoms with van der Waals surface area (Å²) in [7, 11) is 0. The molecule has 2 aromatic carbocycles. The largest absolute Gasteiger partial charge is 0.507 e. The van der Waals surface area contributed by atoms with Crippen molar-refractivity contribution >= 4 is 27.0 Å². The van der Waals surface area contributed by atoms with Crippen LogP contribution in [0.3, 0.4) is 0 Å². The molecular formula is C22H13BrN2O3. The maximum absolute atomic E-state index is 10.3. The maximum Gasteiger partial charge on any atom is 0.154 e. The molecule has 3 aromatic heterocycles. The topological polar surface area (TPSA) is 72.3 Å². The summed E-state index contributed by atoms with van der Waals surface area (Å²) in [6.07, 6.45) is 3.20. The number of aromatic nitrogens is 2. The summed E-state index contributed by atoms with van der Waals surface area (Å²) in [6, 6.07) is 18.3. The SMILES string of the molecule is Oc1ccccc1-c1cc2nc(-c3ccco3)c(-c3ccco3)nc2cc1Br. The Morgan fingerprint density at radius 3 is 1.89 bits per heavy atom. The standard InChI is InChI=1S/C22H13BrN2O3/c23-15-12-17-16(11-14(15)13-5-1-2-6-18(13)26)24-21(19-7-3-9-27-19)22(25-17)20-8-4-10-28-20/h1-12,26H. The van der Waals surface area contributed by atoms with Gasteiger partial charge in [0.05, 0.1) is 23.6 Å². The van der Waals surface area contributed by atoms with E-state index in [0.717, 1.165) is 10.0 Å². The van der Waals surface area contributed by atoms with Crippen LogP contribution in [0.25, 0.3) is 45.1 Å². The van der Waals surface area contributed by atoms with Gasteiger partial charge >= 0.3 is 0 Å². The summed E-state index contributed by atoms with van der Waals surface area (Å²) in [6.45, 7) is 0. The van der Waals surface area contributed by atoms with E-state index in [1.165, 1.54) is 0 Å². The van der Waals surface area contributed by atoms with Crippen molar-refractivity contribution in [3.8, 4) is 39.8 Å². The fraction of sp³-hybridized carbons (Fsp3) is 0. The Morgan fingerprint density at radius 2 is 1.32 bits per heavy atom. The van der Waals surface area contributed by atoms with Crippen LogP contribution in [-0.4, -0.2) is 15.1 Å². The quantitative estimate of drug-likeness (QED) is 0.362. The number of hydrogen-bond donors (Lipinski definition) is 1. The molecule has 5 nitrogen and oxygen atoms in total. The third-order valence-electron chi connectivity index (χ3n) is 4.46. The molecule has 0 aliphatic rings. The molecule has 0 amide bonds. The molecule has 0 fully saturated rings. The lowest BCUT2D eigenvalue weighted by molar-refractivity contribution is 0.477. The summed E-state index contributed by atoms with van der Waals surface area (Å²) in [5.74, 6) is 1.42. The zero-order valence-corrected chi connectivity index (χ0v) is 16.1. The lowest BCUT2D eigenvalue weighted by atomic mass is 10.0. The van der Waals surface area contributed by atoms with Crippen LogP contribution < -0.4 is 0 Å². The summed E-state index contributed by atoms with van der Waals surface area (Å²) in [5, 5.41) is 10.3. The Hall–Kier alpha value is -3.38. The number of phenols is 1. The van der Waals surface area contributed by atoms with E-state index < -0.39 is 0 Å². The Bertz CT molecular complexity index is 1280. The van der Waals surface area contributed by atoms with Crippen LogP contribution in [0.15, 0.2) is 86.5 Å². The smallest absolute Gasteiger partial charge is 0.154 e. The van der Waals surface area contributed by atoms with Crippen molar-refractivity contribution in [2.75, 3.05) is 0 Å². The molecule has 0 saturated carbocycles. The van der Waals surface area contributed by atoms with Crippen LogP contribution >= 0.6 is 15.9 Å². The number of benzene rings is 2. The molecule has 5 aromatic rings. The second-order valence-corrected chi connectivity index (χ2v) is 7.07. The number of aromatic hydroxyl groups is 1. The third kappa shape index (κ3) is 2.78. The first-order chi connectivity index (χ1) is 13.7. The van der Waals surface area contributed by atoms with Crippen molar-refractivity contribution in [1.29, 1.82) is 0 Å².